The third-order valence-electron chi connectivity index (χ3n) is 6.73. The van der Waals surface area contributed by atoms with Gasteiger partial charge in [-0.1, -0.05) is 18.2 Å². The van der Waals surface area contributed by atoms with E-state index in [4.69, 9.17) is 0 Å². The maximum atomic E-state index is 13.4. The van der Waals surface area contributed by atoms with E-state index in [9.17, 15) is 29.2 Å². The van der Waals surface area contributed by atoms with E-state index >= 15 is 0 Å². The Morgan fingerprint density at radius 3 is 2.47 bits per heavy atom. The molecule has 0 aliphatic carbocycles. The van der Waals surface area contributed by atoms with Gasteiger partial charge in [0.05, 0.1) is 28.1 Å². The Morgan fingerprint density at radius 2 is 1.76 bits per heavy atom. The van der Waals surface area contributed by atoms with E-state index in [1.54, 1.807) is 29.2 Å². The summed E-state index contributed by atoms with van der Waals surface area (Å²) in [6, 6.07) is 13.8. The van der Waals surface area contributed by atoms with E-state index in [1.807, 2.05) is 0 Å². The molecule has 10 heteroatoms. The molecule has 170 valence electrons. The average Bonchev–Trinajstić information content (AvgIpc) is 3.50. The summed E-state index contributed by atoms with van der Waals surface area (Å²) in [5.74, 6) is -1.05. The summed E-state index contributed by atoms with van der Waals surface area (Å²) in [5.41, 5.74) is 0.409. The zero-order valence-corrected chi connectivity index (χ0v) is 17.6. The third kappa shape index (κ3) is 2.65. The number of likely N-dealkylation sites (tertiary alicyclic amines) is 1. The molecule has 0 unspecified atom stereocenters. The molecule has 1 N–H and O–H groups in total. The van der Waals surface area contributed by atoms with Crippen LogP contribution in [0.15, 0.2) is 65.5 Å². The number of non-ortho nitro benzene ring substituents is 1. The van der Waals surface area contributed by atoms with Crippen LogP contribution in [0.25, 0.3) is 16.5 Å². The summed E-state index contributed by atoms with van der Waals surface area (Å²) >= 11 is 0. The number of fused-ring (bicyclic) bond motifs is 6. The number of hydrogen-bond donors (Lipinski definition) is 1. The summed E-state index contributed by atoms with van der Waals surface area (Å²) in [7, 11) is 0. The second-order valence-electron chi connectivity index (χ2n) is 8.47. The van der Waals surface area contributed by atoms with E-state index < -0.39 is 22.5 Å². The van der Waals surface area contributed by atoms with Crippen LogP contribution in [0.1, 0.15) is 34.6 Å². The lowest BCUT2D eigenvalue weighted by Gasteiger charge is -2.27. The number of rotatable bonds is 3. The number of amides is 1. The van der Waals surface area contributed by atoms with Crippen molar-refractivity contribution in [2.45, 2.75) is 18.5 Å². The van der Waals surface area contributed by atoms with Crippen LogP contribution in [0.3, 0.4) is 0 Å². The topological polar surface area (TPSA) is 111 Å². The van der Waals surface area contributed by atoms with Crippen LogP contribution in [0, 0.1) is 15.9 Å². The van der Waals surface area contributed by atoms with E-state index in [1.165, 1.54) is 41.0 Å². The van der Waals surface area contributed by atoms with Crippen LogP contribution in [0.5, 0.6) is 5.88 Å². The summed E-state index contributed by atoms with van der Waals surface area (Å²) in [6.07, 6.45) is 0.493. The summed E-state index contributed by atoms with van der Waals surface area (Å²) in [5, 5.41) is 23.4. The standard InChI is InChI=1S/C24H17FN4O5/c25-14-7-5-13(6-8-14)22(30)26-12-15-11-20(26)21-23(31)28(24(32)27(15)21)18-9-10-19(29(33)34)17-4-2-1-3-16(17)18/h1-10,15,20,31H,11-12H2/t15-,20-/m0/s1. The lowest BCUT2D eigenvalue weighted by molar-refractivity contribution is -0.383. The highest BCUT2D eigenvalue weighted by molar-refractivity contribution is 5.97. The minimum absolute atomic E-state index is 0.102. The molecular weight excluding hydrogens is 443 g/mol. The molecule has 0 radical (unpaired) electrons. The van der Waals surface area contributed by atoms with Crippen LogP contribution < -0.4 is 5.69 Å². The van der Waals surface area contributed by atoms with Crippen molar-refractivity contribution < 1.29 is 19.2 Å². The smallest absolute Gasteiger partial charge is 0.336 e. The van der Waals surface area contributed by atoms with Crippen LogP contribution in [-0.2, 0) is 0 Å². The number of nitro benzene ring substituents is 1. The molecule has 3 aromatic carbocycles. The van der Waals surface area contributed by atoms with E-state index in [-0.39, 0.29) is 30.1 Å². The first kappa shape index (κ1) is 20.2. The monoisotopic (exact) mass is 460 g/mol. The highest BCUT2D eigenvalue weighted by Crippen LogP contribution is 2.49. The highest BCUT2D eigenvalue weighted by Gasteiger charge is 2.49. The maximum Gasteiger partial charge on any atom is 0.336 e. The number of benzene rings is 3. The van der Waals surface area contributed by atoms with Gasteiger partial charge in [-0.2, -0.15) is 0 Å². The molecule has 0 saturated carbocycles. The van der Waals surface area contributed by atoms with Crippen molar-refractivity contribution >= 4 is 22.4 Å². The van der Waals surface area contributed by atoms with Crippen LogP contribution in [0.4, 0.5) is 10.1 Å². The van der Waals surface area contributed by atoms with Crippen molar-refractivity contribution in [1.82, 2.24) is 14.0 Å². The van der Waals surface area contributed by atoms with Gasteiger partial charge in [0.2, 0.25) is 5.88 Å². The second-order valence-corrected chi connectivity index (χ2v) is 8.47. The van der Waals surface area contributed by atoms with E-state index in [0.717, 1.165) is 4.57 Å². The Balaban J connectivity index is 1.47. The summed E-state index contributed by atoms with van der Waals surface area (Å²) in [6.45, 7) is 0.290. The molecule has 2 bridgehead atoms. The minimum Gasteiger partial charge on any atom is -0.493 e. The highest BCUT2D eigenvalue weighted by atomic mass is 19.1. The van der Waals surface area contributed by atoms with Gasteiger partial charge in [0, 0.05) is 23.6 Å². The first-order valence-electron chi connectivity index (χ1n) is 10.7. The van der Waals surface area contributed by atoms with Gasteiger partial charge >= 0.3 is 5.69 Å². The fourth-order valence-corrected chi connectivity index (χ4v) is 5.27. The third-order valence-corrected chi connectivity index (χ3v) is 6.73. The number of halogens is 1. The molecule has 34 heavy (non-hydrogen) atoms. The molecule has 2 atom stereocenters. The second kappa shape index (κ2) is 7.01. The van der Waals surface area contributed by atoms with Gasteiger partial charge in [0.1, 0.15) is 11.5 Å². The van der Waals surface area contributed by atoms with Gasteiger partial charge in [-0.15, -0.1) is 0 Å². The maximum absolute atomic E-state index is 13.4. The molecule has 1 fully saturated rings. The van der Waals surface area contributed by atoms with Crippen LogP contribution in [-0.4, -0.2) is 36.5 Å². The first-order valence-corrected chi connectivity index (χ1v) is 10.7. The number of carbonyl (C=O) groups excluding carboxylic acids is 1. The average molecular weight is 460 g/mol. The number of aromatic nitrogens is 2. The van der Waals surface area contributed by atoms with Crippen molar-refractivity contribution in [2.75, 3.05) is 6.54 Å². The summed E-state index contributed by atoms with van der Waals surface area (Å²) < 4.78 is 15.9. The normalized spacial score (nSPS) is 18.4. The molecule has 6 rings (SSSR count). The van der Waals surface area contributed by atoms with Gasteiger partial charge in [-0.25, -0.2) is 13.8 Å². The van der Waals surface area contributed by atoms with Crippen LogP contribution >= 0.6 is 0 Å². The lowest BCUT2D eigenvalue weighted by atomic mass is 10.1. The van der Waals surface area contributed by atoms with E-state index in [0.29, 0.717) is 34.1 Å². The molecule has 9 nitrogen and oxygen atoms in total. The lowest BCUT2D eigenvalue weighted by Crippen LogP contribution is -2.37. The first-order chi connectivity index (χ1) is 16.4. The molecule has 1 amide bonds. The fourth-order valence-electron chi connectivity index (χ4n) is 5.27. The Hall–Kier alpha value is -4.47. The fraction of sp³-hybridized carbons (Fsp3) is 0.167. The van der Waals surface area contributed by atoms with Crippen molar-refractivity contribution in [3.63, 3.8) is 0 Å². The van der Waals surface area contributed by atoms with Gasteiger partial charge in [-0.05, 0) is 42.8 Å². The van der Waals surface area contributed by atoms with Gasteiger partial charge in [0.15, 0.2) is 0 Å². The number of hydrogen-bond acceptors (Lipinski definition) is 5. The number of imidazole rings is 1. The van der Waals surface area contributed by atoms with Gasteiger partial charge < -0.3 is 10.0 Å². The van der Waals surface area contributed by atoms with Gasteiger partial charge in [0.25, 0.3) is 11.6 Å². The minimum atomic E-state index is -0.513. The predicted octanol–water partition coefficient (Wildman–Crippen LogP) is 3.69. The quantitative estimate of drug-likeness (QED) is 0.370. The van der Waals surface area contributed by atoms with Crippen molar-refractivity contribution in [1.29, 1.82) is 0 Å². The Morgan fingerprint density at radius 1 is 1.06 bits per heavy atom. The van der Waals surface area contributed by atoms with E-state index in [2.05, 4.69) is 0 Å². The van der Waals surface area contributed by atoms with Crippen LogP contribution in [0.2, 0.25) is 0 Å². The van der Waals surface area contributed by atoms with Gasteiger partial charge in [-0.3, -0.25) is 19.5 Å². The Labute approximate surface area is 191 Å². The number of nitrogens with zero attached hydrogens (tertiary/aromatic N) is 4. The SMILES string of the molecule is O=C(c1ccc(F)cc1)N1C[C@@H]2C[C@H]1c1c(O)n(-c3ccc([N+](=O)[O-])c4ccccc34)c(=O)n12. The number of aromatic hydroxyl groups is 1. The molecule has 2 aliphatic heterocycles. The molecule has 1 saturated heterocycles. The zero-order chi connectivity index (χ0) is 23.7. The Bertz CT molecular complexity index is 1570. The van der Waals surface area contributed by atoms with Crippen molar-refractivity contribution in [3.8, 4) is 11.6 Å². The predicted molar refractivity (Wildman–Crippen MR) is 120 cm³/mol. The molecule has 4 aromatic rings. The Kier molecular flexibility index (Phi) is 4.16. The molecular formula is C24H17FN4O5. The van der Waals surface area contributed by atoms with Crippen molar-refractivity contribution in [2.24, 2.45) is 0 Å². The molecule has 1 aromatic heterocycles. The molecule has 3 heterocycles. The summed E-state index contributed by atoms with van der Waals surface area (Å²) in [4.78, 5) is 39.0. The van der Waals surface area contributed by atoms with Crippen molar-refractivity contribution in [3.05, 3.63) is 98.3 Å². The number of carbonyl (C=O) groups is 1. The molecule has 0 spiro atoms. The number of nitro groups is 1. The largest absolute Gasteiger partial charge is 0.493 e. The zero-order valence-electron chi connectivity index (χ0n) is 17.6. The molecule has 2 aliphatic rings.